The Kier molecular flexibility index (Phi) is 7.21. The van der Waals surface area contributed by atoms with Gasteiger partial charge in [0.05, 0.1) is 4.90 Å². The van der Waals surface area contributed by atoms with E-state index in [4.69, 9.17) is 0 Å². The lowest BCUT2D eigenvalue weighted by Crippen LogP contribution is -2.35. The van der Waals surface area contributed by atoms with Crippen molar-refractivity contribution in [3.05, 3.63) is 42.5 Å². The Morgan fingerprint density at radius 1 is 1.09 bits per heavy atom. The highest BCUT2D eigenvalue weighted by molar-refractivity contribution is 7.82. The average molecular weight is 333 g/mol. The van der Waals surface area contributed by atoms with Crippen LogP contribution < -0.4 is 5.32 Å². The normalized spacial score (nSPS) is 16.9. The van der Waals surface area contributed by atoms with E-state index in [9.17, 15) is 4.21 Å². The van der Waals surface area contributed by atoms with Crippen LogP contribution >= 0.6 is 0 Å². The first kappa shape index (κ1) is 18.1. The molecule has 1 saturated heterocycles. The van der Waals surface area contributed by atoms with Gasteiger partial charge in [-0.15, -0.1) is 0 Å². The second-order valence-corrected chi connectivity index (χ2v) is 7.29. The van der Waals surface area contributed by atoms with Crippen LogP contribution in [0.2, 0.25) is 0 Å². The van der Waals surface area contributed by atoms with Gasteiger partial charge in [-0.1, -0.05) is 50.2 Å². The summed E-state index contributed by atoms with van der Waals surface area (Å²) in [5, 5.41) is 5.62. The highest BCUT2D eigenvalue weighted by Crippen LogP contribution is 2.24. The molecule has 1 aliphatic rings. The standard InChI is InChI=1S/C17H22N2OS.C2H6/c1-19(13-14-9-11-18-12-10-14)21(20)17-8-4-6-15-5-2-3-7-16(15)17;1-2/h2-8,14,18H,9-13H2,1H3;1-2H3. The van der Waals surface area contributed by atoms with Crippen LogP contribution in [-0.2, 0) is 11.0 Å². The summed E-state index contributed by atoms with van der Waals surface area (Å²) in [5.74, 6) is 0.648. The maximum atomic E-state index is 12.9. The molecule has 23 heavy (non-hydrogen) atoms. The van der Waals surface area contributed by atoms with E-state index in [2.05, 4.69) is 23.5 Å². The fourth-order valence-electron chi connectivity index (χ4n) is 3.01. The summed E-state index contributed by atoms with van der Waals surface area (Å²) in [5.41, 5.74) is 0. The third kappa shape index (κ3) is 4.63. The molecule has 0 bridgehead atoms. The van der Waals surface area contributed by atoms with Crippen molar-refractivity contribution in [3.63, 3.8) is 0 Å². The van der Waals surface area contributed by atoms with Crippen molar-refractivity contribution < 1.29 is 4.21 Å². The summed E-state index contributed by atoms with van der Waals surface area (Å²) in [4.78, 5) is 0.921. The van der Waals surface area contributed by atoms with Gasteiger partial charge < -0.3 is 5.32 Å². The Hall–Kier alpha value is -1.23. The summed E-state index contributed by atoms with van der Waals surface area (Å²) in [6.07, 6.45) is 2.36. The molecule has 2 aromatic rings. The van der Waals surface area contributed by atoms with Crippen LogP contribution in [0.3, 0.4) is 0 Å². The van der Waals surface area contributed by atoms with E-state index in [1.165, 1.54) is 12.8 Å². The van der Waals surface area contributed by atoms with Gasteiger partial charge in [-0.05, 0) is 48.7 Å². The van der Waals surface area contributed by atoms with Crippen molar-refractivity contribution in [2.45, 2.75) is 31.6 Å². The third-order valence-corrected chi connectivity index (χ3v) is 5.64. The van der Waals surface area contributed by atoms with Crippen molar-refractivity contribution >= 4 is 21.8 Å². The van der Waals surface area contributed by atoms with Gasteiger partial charge in [-0.25, -0.2) is 8.51 Å². The zero-order valence-electron chi connectivity index (χ0n) is 14.4. The van der Waals surface area contributed by atoms with Crippen molar-refractivity contribution in [1.82, 2.24) is 9.62 Å². The molecule has 0 amide bonds. The predicted molar refractivity (Wildman–Crippen MR) is 99.9 cm³/mol. The summed E-state index contributed by atoms with van der Waals surface area (Å²) >= 11 is 0. The van der Waals surface area contributed by atoms with Gasteiger partial charge in [0, 0.05) is 13.6 Å². The van der Waals surface area contributed by atoms with Gasteiger partial charge in [-0.3, -0.25) is 0 Å². The van der Waals surface area contributed by atoms with Gasteiger partial charge in [0.2, 0.25) is 0 Å². The third-order valence-electron chi connectivity index (χ3n) is 4.19. The summed E-state index contributed by atoms with van der Waals surface area (Å²) in [6.45, 7) is 7.07. The second kappa shape index (κ2) is 9.16. The van der Waals surface area contributed by atoms with E-state index in [0.717, 1.165) is 35.3 Å². The zero-order chi connectivity index (χ0) is 16.7. The van der Waals surface area contributed by atoms with Crippen LogP contribution in [0, 0.1) is 5.92 Å². The van der Waals surface area contributed by atoms with E-state index in [1.807, 2.05) is 49.5 Å². The fraction of sp³-hybridized carbons (Fsp3) is 0.474. The Bertz CT molecular complexity index is 633. The number of benzene rings is 2. The largest absolute Gasteiger partial charge is 0.317 e. The van der Waals surface area contributed by atoms with E-state index in [0.29, 0.717) is 5.92 Å². The minimum atomic E-state index is -1.09. The van der Waals surface area contributed by atoms with Crippen molar-refractivity contribution in [3.8, 4) is 0 Å². The number of nitrogens with zero attached hydrogens (tertiary/aromatic N) is 1. The summed E-state index contributed by atoms with van der Waals surface area (Å²) < 4.78 is 14.9. The molecule has 0 radical (unpaired) electrons. The van der Waals surface area contributed by atoms with Crippen LogP contribution in [0.1, 0.15) is 26.7 Å². The molecule has 1 fully saturated rings. The molecule has 1 aliphatic heterocycles. The monoisotopic (exact) mass is 332 g/mol. The molecular formula is C19H28N2OS. The first-order valence-corrected chi connectivity index (χ1v) is 9.68. The molecule has 0 aliphatic carbocycles. The molecule has 0 aromatic heterocycles. The minimum Gasteiger partial charge on any atom is -0.317 e. The molecule has 126 valence electrons. The maximum Gasteiger partial charge on any atom is 0.127 e. The Balaban J connectivity index is 0.000000924. The first-order valence-electron chi connectivity index (χ1n) is 8.57. The molecule has 1 unspecified atom stereocenters. The summed E-state index contributed by atoms with van der Waals surface area (Å²) in [6, 6.07) is 14.2. The van der Waals surface area contributed by atoms with Crippen molar-refractivity contribution in [1.29, 1.82) is 0 Å². The van der Waals surface area contributed by atoms with Gasteiger partial charge in [0.1, 0.15) is 11.0 Å². The van der Waals surface area contributed by atoms with Gasteiger partial charge in [0.25, 0.3) is 0 Å². The zero-order valence-corrected chi connectivity index (χ0v) is 15.2. The molecular weight excluding hydrogens is 304 g/mol. The van der Waals surface area contributed by atoms with Crippen LogP contribution in [0.15, 0.2) is 47.4 Å². The predicted octanol–water partition coefficient (Wildman–Crippen LogP) is 3.82. The minimum absolute atomic E-state index is 0.648. The van der Waals surface area contributed by atoms with Crippen LogP contribution in [0.4, 0.5) is 0 Å². The lowest BCUT2D eigenvalue weighted by Gasteiger charge is -2.27. The quantitative estimate of drug-likeness (QED) is 0.923. The van der Waals surface area contributed by atoms with Gasteiger partial charge >= 0.3 is 0 Å². The Morgan fingerprint density at radius 2 is 1.74 bits per heavy atom. The molecule has 0 saturated carbocycles. The Labute approximate surface area is 142 Å². The SMILES string of the molecule is CC.CN(CC1CCNCC1)S(=O)c1cccc2ccccc12. The summed E-state index contributed by atoms with van der Waals surface area (Å²) in [7, 11) is 0.881. The van der Waals surface area contributed by atoms with Crippen LogP contribution in [-0.4, -0.2) is 35.2 Å². The van der Waals surface area contributed by atoms with Gasteiger partial charge in [-0.2, -0.15) is 0 Å². The molecule has 3 rings (SSSR count). The topological polar surface area (TPSA) is 32.3 Å². The first-order chi connectivity index (χ1) is 11.3. The highest BCUT2D eigenvalue weighted by Gasteiger charge is 2.19. The fourth-order valence-corrected chi connectivity index (χ4v) is 4.26. The number of piperidine rings is 1. The second-order valence-electron chi connectivity index (χ2n) is 5.73. The number of rotatable bonds is 4. The Morgan fingerprint density at radius 3 is 2.48 bits per heavy atom. The number of hydrogen-bond acceptors (Lipinski definition) is 2. The lowest BCUT2D eigenvalue weighted by atomic mass is 9.98. The number of hydrogen-bond donors (Lipinski definition) is 1. The van der Waals surface area contributed by atoms with Crippen molar-refractivity contribution in [2.24, 2.45) is 5.92 Å². The molecule has 4 heteroatoms. The smallest absolute Gasteiger partial charge is 0.127 e. The molecule has 1 N–H and O–H groups in total. The van der Waals surface area contributed by atoms with E-state index in [1.54, 1.807) is 0 Å². The highest BCUT2D eigenvalue weighted by atomic mass is 32.2. The van der Waals surface area contributed by atoms with Crippen LogP contribution in [0.25, 0.3) is 10.8 Å². The molecule has 1 atom stereocenters. The lowest BCUT2D eigenvalue weighted by molar-refractivity contribution is 0.318. The van der Waals surface area contributed by atoms with E-state index in [-0.39, 0.29) is 0 Å². The van der Waals surface area contributed by atoms with E-state index < -0.39 is 11.0 Å². The number of nitrogens with one attached hydrogen (secondary N) is 1. The molecule has 1 heterocycles. The number of fused-ring (bicyclic) bond motifs is 1. The van der Waals surface area contributed by atoms with Crippen molar-refractivity contribution in [2.75, 3.05) is 26.7 Å². The van der Waals surface area contributed by atoms with Gasteiger partial charge in [0.15, 0.2) is 0 Å². The van der Waals surface area contributed by atoms with Crippen LogP contribution in [0.5, 0.6) is 0 Å². The molecule has 2 aromatic carbocycles. The molecule has 0 spiro atoms. The van der Waals surface area contributed by atoms with E-state index >= 15 is 0 Å². The average Bonchev–Trinajstić information content (AvgIpc) is 2.63. The molecule has 3 nitrogen and oxygen atoms in total. The maximum absolute atomic E-state index is 12.9.